The lowest BCUT2D eigenvalue weighted by Crippen LogP contribution is -2.39. The molecular formula is C10H20FN. The van der Waals surface area contributed by atoms with Gasteiger partial charge in [-0.25, -0.2) is 4.39 Å². The van der Waals surface area contributed by atoms with Crippen LogP contribution in [-0.4, -0.2) is 12.2 Å². The smallest absolute Gasteiger partial charge is 0.126 e. The first-order chi connectivity index (χ1) is 5.73. The van der Waals surface area contributed by atoms with Gasteiger partial charge >= 0.3 is 0 Å². The Morgan fingerprint density at radius 2 is 2.00 bits per heavy atom. The van der Waals surface area contributed by atoms with Crippen LogP contribution < -0.4 is 5.73 Å². The van der Waals surface area contributed by atoms with Crippen molar-refractivity contribution in [2.24, 2.45) is 11.7 Å². The SMILES string of the molecule is CCCC(F)(CN)C1CCCC1. The van der Waals surface area contributed by atoms with Crippen molar-refractivity contribution < 1.29 is 4.39 Å². The van der Waals surface area contributed by atoms with Crippen LogP contribution in [0.4, 0.5) is 4.39 Å². The quantitative estimate of drug-likeness (QED) is 0.695. The van der Waals surface area contributed by atoms with E-state index >= 15 is 0 Å². The number of nitrogens with two attached hydrogens (primary N) is 1. The van der Waals surface area contributed by atoms with E-state index in [-0.39, 0.29) is 12.5 Å². The monoisotopic (exact) mass is 173 g/mol. The van der Waals surface area contributed by atoms with E-state index in [2.05, 4.69) is 0 Å². The second kappa shape index (κ2) is 4.22. The zero-order valence-corrected chi connectivity index (χ0v) is 7.98. The van der Waals surface area contributed by atoms with Crippen molar-refractivity contribution in [3.8, 4) is 0 Å². The normalized spacial score (nSPS) is 24.2. The fraction of sp³-hybridized carbons (Fsp3) is 1.00. The summed E-state index contributed by atoms with van der Waals surface area (Å²) in [6.07, 6.45) is 6.04. The zero-order valence-electron chi connectivity index (χ0n) is 7.98. The summed E-state index contributed by atoms with van der Waals surface area (Å²) >= 11 is 0. The van der Waals surface area contributed by atoms with Gasteiger partial charge in [0, 0.05) is 6.54 Å². The van der Waals surface area contributed by atoms with E-state index in [9.17, 15) is 4.39 Å². The van der Waals surface area contributed by atoms with Gasteiger partial charge < -0.3 is 5.73 Å². The highest BCUT2D eigenvalue weighted by Gasteiger charge is 2.38. The maximum Gasteiger partial charge on any atom is 0.126 e. The maximum atomic E-state index is 14.1. The summed E-state index contributed by atoms with van der Waals surface area (Å²) in [6, 6.07) is 0. The fourth-order valence-electron chi connectivity index (χ4n) is 2.33. The van der Waals surface area contributed by atoms with Crippen molar-refractivity contribution in [2.75, 3.05) is 6.54 Å². The van der Waals surface area contributed by atoms with Crippen molar-refractivity contribution in [3.05, 3.63) is 0 Å². The van der Waals surface area contributed by atoms with E-state index < -0.39 is 5.67 Å². The van der Waals surface area contributed by atoms with E-state index in [1.165, 1.54) is 12.8 Å². The molecule has 0 spiro atoms. The van der Waals surface area contributed by atoms with Crippen LogP contribution in [-0.2, 0) is 0 Å². The molecule has 72 valence electrons. The third kappa shape index (κ3) is 1.98. The van der Waals surface area contributed by atoms with Crippen LogP contribution >= 0.6 is 0 Å². The fourth-order valence-corrected chi connectivity index (χ4v) is 2.33. The second-order valence-corrected chi connectivity index (χ2v) is 3.97. The minimum atomic E-state index is -1.05. The molecule has 1 saturated carbocycles. The Hall–Kier alpha value is -0.110. The standard InChI is InChI=1S/C10H20FN/c1-2-7-10(11,8-12)9-5-3-4-6-9/h9H,2-8,12H2,1H3. The summed E-state index contributed by atoms with van der Waals surface area (Å²) in [5.74, 6) is 0.252. The highest BCUT2D eigenvalue weighted by Crippen LogP contribution is 2.38. The lowest BCUT2D eigenvalue weighted by molar-refractivity contribution is 0.0814. The molecular weight excluding hydrogens is 153 g/mol. The van der Waals surface area contributed by atoms with Crippen LogP contribution in [0.25, 0.3) is 0 Å². The second-order valence-electron chi connectivity index (χ2n) is 3.97. The average molecular weight is 173 g/mol. The first-order valence-corrected chi connectivity index (χ1v) is 5.12. The van der Waals surface area contributed by atoms with Gasteiger partial charge in [0.05, 0.1) is 0 Å². The molecule has 0 aromatic rings. The van der Waals surface area contributed by atoms with Gasteiger partial charge in [-0.2, -0.15) is 0 Å². The maximum absolute atomic E-state index is 14.1. The Bertz CT molecular complexity index is 132. The van der Waals surface area contributed by atoms with Crippen molar-refractivity contribution in [1.82, 2.24) is 0 Å². The lowest BCUT2D eigenvalue weighted by atomic mass is 9.84. The summed E-state index contributed by atoms with van der Waals surface area (Å²) < 4.78 is 14.1. The van der Waals surface area contributed by atoms with E-state index in [0.717, 1.165) is 19.3 Å². The van der Waals surface area contributed by atoms with Crippen LogP contribution in [0.3, 0.4) is 0 Å². The number of alkyl halides is 1. The van der Waals surface area contributed by atoms with Gasteiger partial charge in [0.25, 0.3) is 0 Å². The van der Waals surface area contributed by atoms with Gasteiger partial charge in [-0.05, 0) is 25.2 Å². The zero-order chi connectivity index (χ0) is 9.03. The number of hydrogen-bond donors (Lipinski definition) is 1. The molecule has 1 unspecified atom stereocenters. The van der Waals surface area contributed by atoms with E-state index in [1.807, 2.05) is 6.92 Å². The van der Waals surface area contributed by atoms with Crippen molar-refractivity contribution in [1.29, 1.82) is 0 Å². The summed E-state index contributed by atoms with van der Waals surface area (Å²) in [5, 5.41) is 0. The summed E-state index contributed by atoms with van der Waals surface area (Å²) in [6.45, 7) is 2.24. The molecule has 0 aromatic heterocycles. The third-order valence-corrected chi connectivity index (χ3v) is 3.09. The molecule has 1 rings (SSSR count). The number of rotatable bonds is 4. The molecule has 0 aromatic carbocycles. The molecule has 1 atom stereocenters. The average Bonchev–Trinajstić information content (AvgIpc) is 2.57. The van der Waals surface area contributed by atoms with Crippen molar-refractivity contribution in [3.63, 3.8) is 0 Å². The molecule has 1 aliphatic rings. The van der Waals surface area contributed by atoms with Crippen molar-refractivity contribution in [2.45, 2.75) is 51.1 Å². The molecule has 1 nitrogen and oxygen atoms in total. The molecule has 0 radical (unpaired) electrons. The Morgan fingerprint density at radius 1 is 1.42 bits per heavy atom. The van der Waals surface area contributed by atoms with Gasteiger partial charge in [0.2, 0.25) is 0 Å². The Balaban J connectivity index is 2.51. The Morgan fingerprint density at radius 3 is 2.42 bits per heavy atom. The molecule has 12 heavy (non-hydrogen) atoms. The van der Waals surface area contributed by atoms with Crippen LogP contribution in [0.15, 0.2) is 0 Å². The molecule has 0 bridgehead atoms. The van der Waals surface area contributed by atoms with Crippen LogP contribution in [0.2, 0.25) is 0 Å². The first kappa shape index (κ1) is 9.97. The Labute approximate surface area is 74.5 Å². The minimum absolute atomic E-state index is 0.214. The largest absolute Gasteiger partial charge is 0.328 e. The molecule has 2 N–H and O–H groups in total. The highest BCUT2D eigenvalue weighted by atomic mass is 19.1. The van der Waals surface area contributed by atoms with E-state index in [4.69, 9.17) is 5.73 Å². The molecule has 0 saturated heterocycles. The van der Waals surface area contributed by atoms with Gasteiger partial charge in [0.1, 0.15) is 5.67 Å². The number of halogens is 1. The van der Waals surface area contributed by atoms with Crippen LogP contribution in [0.1, 0.15) is 45.4 Å². The molecule has 0 heterocycles. The van der Waals surface area contributed by atoms with Gasteiger partial charge in [-0.1, -0.05) is 26.2 Å². The van der Waals surface area contributed by atoms with E-state index in [0.29, 0.717) is 6.42 Å². The molecule has 1 aliphatic carbocycles. The summed E-state index contributed by atoms with van der Waals surface area (Å²) in [5.41, 5.74) is 4.45. The summed E-state index contributed by atoms with van der Waals surface area (Å²) in [7, 11) is 0. The Kier molecular flexibility index (Phi) is 3.51. The van der Waals surface area contributed by atoms with Gasteiger partial charge in [-0.15, -0.1) is 0 Å². The van der Waals surface area contributed by atoms with E-state index in [1.54, 1.807) is 0 Å². The first-order valence-electron chi connectivity index (χ1n) is 5.12. The summed E-state index contributed by atoms with van der Waals surface area (Å²) in [4.78, 5) is 0. The number of hydrogen-bond acceptors (Lipinski definition) is 1. The lowest BCUT2D eigenvalue weighted by Gasteiger charge is -2.29. The van der Waals surface area contributed by atoms with Crippen LogP contribution in [0.5, 0.6) is 0 Å². The van der Waals surface area contributed by atoms with Crippen LogP contribution in [0, 0.1) is 5.92 Å². The van der Waals surface area contributed by atoms with Gasteiger partial charge in [0.15, 0.2) is 0 Å². The predicted molar refractivity (Wildman–Crippen MR) is 49.8 cm³/mol. The molecule has 1 fully saturated rings. The molecule has 0 aliphatic heterocycles. The molecule has 0 amide bonds. The van der Waals surface area contributed by atoms with Gasteiger partial charge in [-0.3, -0.25) is 0 Å². The minimum Gasteiger partial charge on any atom is -0.328 e. The van der Waals surface area contributed by atoms with Crippen molar-refractivity contribution >= 4 is 0 Å². The predicted octanol–water partition coefficient (Wildman–Crippen LogP) is 2.64. The molecule has 2 heteroatoms. The topological polar surface area (TPSA) is 26.0 Å². The highest BCUT2D eigenvalue weighted by molar-refractivity contribution is 4.90. The third-order valence-electron chi connectivity index (χ3n) is 3.09.